The van der Waals surface area contributed by atoms with Crippen LogP contribution < -0.4 is 5.32 Å². The largest absolute Gasteiger partial charge is 0.465 e. The van der Waals surface area contributed by atoms with Gasteiger partial charge in [-0.1, -0.05) is 0 Å². The molecule has 2 heterocycles. The van der Waals surface area contributed by atoms with Gasteiger partial charge in [0.05, 0.1) is 17.4 Å². The van der Waals surface area contributed by atoms with Crippen LogP contribution in [0.5, 0.6) is 0 Å². The monoisotopic (exact) mass is 275 g/mol. The van der Waals surface area contributed by atoms with Crippen molar-refractivity contribution in [3.05, 3.63) is 16.5 Å². The number of esters is 1. The molecule has 0 spiro atoms. The molecule has 0 amide bonds. The highest BCUT2D eigenvalue weighted by Gasteiger charge is 2.28. The van der Waals surface area contributed by atoms with E-state index < -0.39 is 15.1 Å². The van der Waals surface area contributed by atoms with Crippen LogP contribution in [0, 0.1) is 0 Å². The molecule has 1 atom stereocenters. The highest BCUT2D eigenvalue weighted by molar-refractivity contribution is 7.91. The predicted molar refractivity (Wildman–Crippen MR) is 66.5 cm³/mol. The summed E-state index contributed by atoms with van der Waals surface area (Å²) in [6.07, 6.45) is 1.69. The van der Waals surface area contributed by atoms with E-state index >= 15 is 0 Å². The summed E-state index contributed by atoms with van der Waals surface area (Å²) in [5.41, 5.74) is 0.872. The summed E-state index contributed by atoms with van der Waals surface area (Å²) < 4.78 is 27.6. The maximum absolute atomic E-state index is 11.5. The number of carbonyl (C=O) groups is 1. The maximum atomic E-state index is 11.5. The fraction of sp³-hybridized carbons (Fsp3) is 0.500. The lowest BCUT2D eigenvalue weighted by molar-refractivity contribution is 0.0606. The fourth-order valence-corrected chi connectivity index (χ4v) is 3.64. The first kappa shape index (κ1) is 12.4. The van der Waals surface area contributed by atoms with Crippen LogP contribution in [0.15, 0.2) is 6.07 Å². The van der Waals surface area contributed by atoms with E-state index in [-0.39, 0.29) is 5.97 Å². The van der Waals surface area contributed by atoms with E-state index in [0.29, 0.717) is 17.8 Å². The van der Waals surface area contributed by atoms with Gasteiger partial charge in [-0.3, -0.25) is 0 Å². The Morgan fingerprint density at radius 1 is 1.59 bits per heavy atom. The van der Waals surface area contributed by atoms with Crippen LogP contribution in [0.25, 0.3) is 0 Å². The molecule has 5 nitrogen and oxygen atoms in total. The first-order valence-corrected chi connectivity index (χ1v) is 7.82. The highest BCUT2D eigenvalue weighted by Crippen LogP contribution is 2.33. The lowest BCUT2D eigenvalue weighted by Crippen LogP contribution is -2.33. The zero-order chi connectivity index (χ0) is 12.6. The Morgan fingerprint density at radius 3 is 2.88 bits per heavy atom. The average molecular weight is 275 g/mol. The molecule has 0 aromatic carbocycles. The van der Waals surface area contributed by atoms with Crippen molar-refractivity contribution in [3.8, 4) is 0 Å². The van der Waals surface area contributed by atoms with Crippen molar-refractivity contribution in [2.24, 2.45) is 0 Å². The number of hydrogen-bond donors (Lipinski definition) is 1. The third-order valence-electron chi connectivity index (χ3n) is 2.74. The molecule has 7 heteroatoms. The Hall–Kier alpha value is -1.08. The van der Waals surface area contributed by atoms with Crippen LogP contribution in [0.3, 0.4) is 0 Å². The van der Waals surface area contributed by atoms with E-state index in [1.807, 2.05) is 0 Å². The van der Waals surface area contributed by atoms with E-state index in [1.54, 1.807) is 6.07 Å². The summed E-state index contributed by atoms with van der Waals surface area (Å²) in [5, 5.41) is 3.49. The van der Waals surface area contributed by atoms with Gasteiger partial charge in [0.2, 0.25) is 0 Å². The first-order valence-electron chi connectivity index (χ1n) is 5.05. The van der Waals surface area contributed by atoms with Crippen molar-refractivity contribution in [2.45, 2.75) is 11.7 Å². The summed E-state index contributed by atoms with van der Waals surface area (Å²) in [7, 11) is -1.73. The SMILES string of the molecule is COC(=O)c1cc2c(s1)NCC(S(C)(=O)=O)C2. The molecular formula is C10H13NO4S2. The van der Waals surface area contributed by atoms with Crippen molar-refractivity contribution in [1.82, 2.24) is 0 Å². The summed E-state index contributed by atoms with van der Waals surface area (Å²) in [6, 6.07) is 1.70. The van der Waals surface area contributed by atoms with Gasteiger partial charge in [-0.05, 0) is 18.1 Å². The minimum absolute atomic E-state index is 0.387. The molecule has 17 heavy (non-hydrogen) atoms. The number of nitrogens with one attached hydrogen (secondary N) is 1. The lowest BCUT2D eigenvalue weighted by Gasteiger charge is -2.21. The Balaban J connectivity index is 2.27. The second kappa shape index (κ2) is 4.30. The van der Waals surface area contributed by atoms with Crippen LogP contribution in [-0.2, 0) is 21.0 Å². The van der Waals surface area contributed by atoms with Crippen LogP contribution >= 0.6 is 11.3 Å². The normalized spacial score (nSPS) is 19.3. The number of rotatable bonds is 2. The topological polar surface area (TPSA) is 72.5 Å². The number of fused-ring (bicyclic) bond motifs is 1. The Labute approximate surface area is 104 Å². The maximum Gasteiger partial charge on any atom is 0.348 e. The Morgan fingerprint density at radius 2 is 2.29 bits per heavy atom. The molecule has 0 saturated heterocycles. The van der Waals surface area contributed by atoms with Crippen molar-refractivity contribution in [3.63, 3.8) is 0 Å². The molecule has 0 saturated carbocycles. The van der Waals surface area contributed by atoms with Gasteiger partial charge >= 0.3 is 5.97 Å². The minimum Gasteiger partial charge on any atom is -0.465 e. The standard InChI is InChI=1S/C10H13NO4S2/c1-15-10(12)8-4-6-3-7(17(2,13)14)5-11-9(6)16-8/h4,7,11H,3,5H2,1-2H3. The summed E-state index contributed by atoms with van der Waals surface area (Å²) in [6.45, 7) is 0.396. The molecule has 2 rings (SSSR count). The summed E-state index contributed by atoms with van der Waals surface area (Å²) >= 11 is 1.30. The van der Waals surface area contributed by atoms with Crippen molar-refractivity contribution in [1.29, 1.82) is 0 Å². The van der Waals surface area contributed by atoms with E-state index in [2.05, 4.69) is 10.1 Å². The zero-order valence-electron chi connectivity index (χ0n) is 9.52. The van der Waals surface area contributed by atoms with E-state index in [1.165, 1.54) is 24.7 Å². The molecule has 1 aromatic rings. The quantitative estimate of drug-likeness (QED) is 0.812. The minimum atomic E-state index is -3.06. The molecule has 1 N–H and O–H groups in total. The second-order valence-electron chi connectivity index (χ2n) is 3.99. The number of methoxy groups -OCH3 is 1. The van der Waals surface area contributed by atoms with Crippen LogP contribution in [0.2, 0.25) is 0 Å². The average Bonchev–Trinajstić information content (AvgIpc) is 2.69. The number of thiophene rings is 1. The van der Waals surface area contributed by atoms with Crippen LogP contribution in [0.4, 0.5) is 5.00 Å². The Bertz CT molecular complexity index is 547. The molecular weight excluding hydrogens is 262 g/mol. The van der Waals surface area contributed by atoms with Crippen molar-refractivity contribution >= 4 is 32.1 Å². The molecule has 0 aliphatic carbocycles. The molecule has 1 aromatic heterocycles. The smallest absolute Gasteiger partial charge is 0.348 e. The van der Waals surface area contributed by atoms with Gasteiger partial charge in [-0.25, -0.2) is 13.2 Å². The van der Waals surface area contributed by atoms with E-state index in [4.69, 9.17) is 0 Å². The molecule has 0 bridgehead atoms. The number of sulfone groups is 1. The fourth-order valence-electron chi connectivity index (χ4n) is 1.76. The van der Waals surface area contributed by atoms with E-state index in [0.717, 1.165) is 10.6 Å². The van der Waals surface area contributed by atoms with Gasteiger partial charge in [-0.15, -0.1) is 11.3 Å². The third-order valence-corrected chi connectivity index (χ3v) is 5.40. The van der Waals surface area contributed by atoms with Crippen molar-refractivity contribution < 1.29 is 17.9 Å². The molecule has 0 radical (unpaired) electrons. The summed E-state index contributed by atoms with van der Waals surface area (Å²) in [5.74, 6) is -0.387. The predicted octanol–water partition coefficient (Wildman–Crippen LogP) is 0.916. The van der Waals surface area contributed by atoms with Gasteiger partial charge in [0, 0.05) is 12.8 Å². The number of carbonyl (C=O) groups excluding carboxylic acids is 1. The molecule has 0 fully saturated rings. The number of ether oxygens (including phenoxy) is 1. The summed E-state index contributed by atoms with van der Waals surface area (Å²) in [4.78, 5) is 11.9. The lowest BCUT2D eigenvalue weighted by atomic mass is 10.1. The van der Waals surface area contributed by atoms with Gasteiger partial charge in [0.1, 0.15) is 4.88 Å². The number of hydrogen-bond acceptors (Lipinski definition) is 6. The number of anilines is 1. The Kier molecular flexibility index (Phi) is 3.13. The molecule has 94 valence electrons. The van der Waals surface area contributed by atoms with E-state index in [9.17, 15) is 13.2 Å². The zero-order valence-corrected chi connectivity index (χ0v) is 11.2. The second-order valence-corrected chi connectivity index (χ2v) is 7.37. The highest BCUT2D eigenvalue weighted by atomic mass is 32.2. The van der Waals surface area contributed by atoms with Gasteiger partial charge in [0.25, 0.3) is 0 Å². The molecule has 1 unspecified atom stereocenters. The van der Waals surface area contributed by atoms with Crippen molar-refractivity contribution in [2.75, 3.05) is 25.2 Å². The van der Waals surface area contributed by atoms with Crippen LogP contribution in [-0.4, -0.2) is 39.5 Å². The first-order chi connectivity index (χ1) is 7.91. The third kappa shape index (κ3) is 2.44. The van der Waals surface area contributed by atoms with Gasteiger partial charge in [-0.2, -0.15) is 0 Å². The molecule has 1 aliphatic rings. The van der Waals surface area contributed by atoms with Gasteiger partial charge in [0.15, 0.2) is 9.84 Å². The molecule has 1 aliphatic heterocycles. The van der Waals surface area contributed by atoms with Crippen LogP contribution in [0.1, 0.15) is 15.2 Å². The van der Waals surface area contributed by atoms with Gasteiger partial charge < -0.3 is 10.1 Å².